The molecule has 3 rings (SSSR count). The summed E-state index contributed by atoms with van der Waals surface area (Å²) in [6.07, 6.45) is -4.80. The van der Waals surface area contributed by atoms with Crippen LogP contribution in [0.2, 0.25) is 0 Å². The largest absolute Gasteiger partial charge is 0.481 e. The number of carboxylic acids is 1. The number of hydrogen-bond acceptors (Lipinski definition) is 6. The predicted molar refractivity (Wildman–Crippen MR) is 76.8 cm³/mol. The van der Waals surface area contributed by atoms with E-state index < -0.39 is 47.1 Å². The van der Waals surface area contributed by atoms with Crippen molar-refractivity contribution in [2.45, 2.75) is 11.1 Å². The molecule has 0 unspecified atom stereocenters. The fraction of sp³-hybridized carbons (Fsp3) is 0.417. The number of aromatic nitrogens is 2. The van der Waals surface area contributed by atoms with Gasteiger partial charge in [0, 0.05) is 13.1 Å². The lowest BCUT2D eigenvalue weighted by Crippen LogP contribution is -2.34. The molecular formula is C12H10F3N3O4S2. The van der Waals surface area contributed by atoms with Crippen molar-refractivity contribution < 1.29 is 31.5 Å². The molecule has 130 valence electrons. The first-order chi connectivity index (χ1) is 11.1. The van der Waals surface area contributed by atoms with E-state index in [4.69, 9.17) is 5.11 Å². The van der Waals surface area contributed by atoms with Crippen molar-refractivity contribution in [3.05, 3.63) is 18.2 Å². The second kappa shape index (κ2) is 5.63. The topological polar surface area (TPSA) is 100 Å². The van der Waals surface area contributed by atoms with Crippen molar-refractivity contribution in [1.82, 2.24) is 13.1 Å². The molecule has 2 aromatic rings. The molecule has 1 N–H and O–H groups in total. The average Bonchev–Trinajstić information content (AvgIpc) is 3.13. The van der Waals surface area contributed by atoms with E-state index in [1.807, 2.05) is 0 Å². The monoisotopic (exact) mass is 381 g/mol. The lowest BCUT2D eigenvalue weighted by molar-refractivity contribution is -0.187. The molecular weight excluding hydrogens is 371 g/mol. The zero-order valence-electron chi connectivity index (χ0n) is 11.8. The Hall–Kier alpha value is -1.79. The van der Waals surface area contributed by atoms with Crippen LogP contribution in [0.4, 0.5) is 13.2 Å². The number of hydrogen-bond donors (Lipinski definition) is 1. The van der Waals surface area contributed by atoms with Crippen LogP contribution in [0.15, 0.2) is 23.1 Å². The zero-order valence-corrected chi connectivity index (χ0v) is 13.4. The van der Waals surface area contributed by atoms with E-state index >= 15 is 0 Å². The van der Waals surface area contributed by atoms with Crippen LogP contribution in [0.5, 0.6) is 0 Å². The maximum Gasteiger partial charge on any atom is 0.393 e. The SMILES string of the molecule is O=C(O)[C@@H]1CN(S(=O)(=O)c2cccc3nsnc23)C[C@H]1C(F)(F)F. The van der Waals surface area contributed by atoms with Gasteiger partial charge in [0.25, 0.3) is 0 Å². The fourth-order valence-electron chi connectivity index (χ4n) is 2.67. The van der Waals surface area contributed by atoms with Crippen LogP contribution in [0, 0.1) is 11.8 Å². The molecule has 1 saturated heterocycles. The number of carbonyl (C=O) groups is 1. The van der Waals surface area contributed by atoms with Gasteiger partial charge in [0.2, 0.25) is 10.0 Å². The number of benzene rings is 1. The summed E-state index contributed by atoms with van der Waals surface area (Å²) >= 11 is 0.779. The Morgan fingerprint density at radius 2 is 2.00 bits per heavy atom. The standard InChI is InChI=1S/C12H10F3N3O4S2/c13-12(14,15)7-5-18(4-6(7)11(19)20)24(21,22)9-3-1-2-8-10(9)17-23-16-8/h1-3,6-7H,4-5H2,(H,19,20)/t6-,7-/m1/s1. The summed E-state index contributed by atoms with van der Waals surface area (Å²) in [5.41, 5.74) is 0.368. The third-order valence-electron chi connectivity index (χ3n) is 3.89. The van der Waals surface area contributed by atoms with Crippen LogP contribution in [0.1, 0.15) is 0 Å². The van der Waals surface area contributed by atoms with Gasteiger partial charge in [-0.1, -0.05) is 6.07 Å². The Bertz CT molecular complexity index is 896. The first-order valence-electron chi connectivity index (χ1n) is 6.63. The van der Waals surface area contributed by atoms with Gasteiger partial charge in [0.1, 0.15) is 15.9 Å². The highest BCUT2D eigenvalue weighted by atomic mass is 32.2. The first-order valence-corrected chi connectivity index (χ1v) is 8.80. The Labute approximate surface area is 138 Å². The maximum absolute atomic E-state index is 13.0. The van der Waals surface area contributed by atoms with E-state index in [2.05, 4.69) is 8.75 Å². The number of halogens is 3. The van der Waals surface area contributed by atoms with E-state index in [9.17, 15) is 26.4 Å². The Balaban J connectivity index is 2.02. The summed E-state index contributed by atoms with van der Waals surface area (Å²) in [4.78, 5) is 10.8. The minimum atomic E-state index is -4.80. The van der Waals surface area contributed by atoms with Crippen molar-refractivity contribution in [3.63, 3.8) is 0 Å². The number of carboxylic acid groups (broad SMARTS) is 1. The molecule has 0 aliphatic carbocycles. The lowest BCUT2D eigenvalue weighted by Gasteiger charge is -2.18. The van der Waals surface area contributed by atoms with E-state index in [-0.39, 0.29) is 10.4 Å². The Kier molecular flexibility index (Phi) is 4.00. The molecule has 7 nitrogen and oxygen atoms in total. The molecule has 1 aromatic heterocycles. The normalized spacial score (nSPS) is 23.0. The molecule has 1 aromatic carbocycles. The van der Waals surface area contributed by atoms with Crippen molar-refractivity contribution in [3.8, 4) is 0 Å². The molecule has 1 fully saturated rings. The maximum atomic E-state index is 13.0. The summed E-state index contributed by atoms with van der Waals surface area (Å²) < 4.78 is 72.8. The first kappa shape index (κ1) is 17.0. The molecule has 24 heavy (non-hydrogen) atoms. The van der Waals surface area contributed by atoms with E-state index in [0.717, 1.165) is 11.7 Å². The second-order valence-electron chi connectivity index (χ2n) is 5.30. The third-order valence-corrected chi connectivity index (χ3v) is 6.30. The van der Waals surface area contributed by atoms with Gasteiger partial charge in [0.15, 0.2) is 0 Å². The smallest absolute Gasteiger partial charge is 0.393 e. The van der Waals surface area contributed by atoms with Gasteiger partial charge in [-0.2, -0.15) is 26.2 Å². The zero-order chi connectivity index (χ0) is 17.7. The molecule has 0 bridgehead atoms. The predicted octanol–water partition coefficient (Wildman–Crippen LogP) is 1.57. The average molecular weight is 381 g/mol. The fourth-order valence-corrected chi connectivity index (χ4v) is 4.92. The molecule has 0 saturated carbocycles. The molecule has 0 amide bonds. The van der Waals surface area contributed by atoms with Gasteiger partial charge >= 0.3 is 12.1 Å². The summed E-state index contributed by atoms with van der Waals surface area (Å²) in [7, 11) is -4.32. The molecule has 2 atom stereocenters. The van der Waals surface area contributed by atoms with Crippen molar-refractivity contribution >= 4 is 38.8 Å². The minimum absolute atomic E-state index is 0.0600. The highest BCUT2D eigenvalue weighted by Crippen LogP contribution is 2.40. The van der Waals surface area contributed by atoms with E-state index in [0.29, 0.717) is 9.82 Å². The van der Waals surface area contributed by atoms with Gasteiger partial charge in [-0.05, 0) is 12.1 Å². The highest BCUT2D eigenvalue weighted by molar-refractivity contribution is 7.89. The number of nitrogens with zero attached hydrogens (tertiary/aromatic N) is 3. The quantitative estimate of drug-likeness (QED) is 0.866. The number of aliphatic carboxylic acids is 1. The van der Waals surface area contributed by atoms with Crippen molar-refractivity contribution in [2.75, 3.05) is 13.1 Å². The molecule has 0 radical (unpaired) electrons. The van der Waals surface area contributed by atoms with E-state index in [1.54, 1.807) is 0 Å². The number of rotatable bonds is 3. The van der Waals surface area contributed by atoms with Gasteiger partial charge < -0.3 is 5.11 Å². The number of alkyl halides is 3. The lowest BCUT2D eigenvalue weighted by atomic mass is 9.96. The number of fused-ring (bicyclic) bond motifs is 1. The van der Waals surface area contributed by atoms with Crippen LogP contribution in [-0.2, 0) is 14.8 Å². The second-order valence-corrected chi connectivity index (χ2v) is 7.74. The molecule has 1 aliphatic heterocycles. The van der Waals surface area contributed by atoms with Gasteiger partial charge in [-0.15, -0.1) is 0 Å². The minimum Gasteiger partial charge on any atom is -0.481 e. The van der Waals surface area contributed by atoms with Crippen molar-refractivity contribution in [1.29, 1.82) is 0 Å². The van der Waals surface area contributed by atoms with Crippen LogP contribution < -0.4 is 0 Å². The van der Waals surface area contributed by atoms with Crippen LogP contribution in [-0.4, -0.2) is 51.8 Å². The van der Waals surface area contributed by atoms with Crippen LogP contribution >= 0.6 is 11.7 Å². The van der Waals surface area contributed by atoms with Gasteiger partial charge in [-0.25, -0.2) is 8.42 Å². The summed E-state index contributed by atoms with van der Waals surface area (Å²) in [6.45, 7) is -1.67. The molecule has 0 spiro atoms. The highest BCUT2D eigenvalue weighted by Gasteiger charge is 2.55. The van der Waals surface area contributed by atoms with E-state index in [1.165, 1.54) is 18.2 Å². The summed E-state index contributed by atoms with van der Waals surface area (Å²) in [5.74, 6) is -5.77. The Morgan fingerprint density at radius 1 is 1.29 bits per heavy atom. The van der Waals surface area contributed by atoms with Gasteiger partial charge in [-0.3, -0.25) is 4.79 Å². The van der Waals surface area contributed by atoms with Crippen LogP contribution in [0.25, 0.3) is 11.0 Å². The van der Waals surface area contributed by atoms with Crippen molar-refractivity contribution in [2.24, 2.45) is 11.8 Å². The summed E-state index contributed by atoms with van der Waals surface area (Å²) in [5, 5.41) is 9.00. The third kappa shape index (κ3) is 2.74. The molecule has 12 heteroatoms. The molecule has 1 aliphatic rings. The Morgan fingerprint density at radius 3 is 2.58 bits per heavy atom. The van der Waals surface area contributed by atoms with Crippen LogP contribution in [0.3, 0.4) is 0 Å². The summed E-state index contributed by atoms with van der Waals surface area (Å²) in [6, 6.07) is 4.15. The number of sulfonamides is 1. The molecule has 2 heterocycles. The van der Waals surface area contributed by atoms with Gasteiger partial charge in [0.05, 0.1) is 23.6 Å².